The number of rotatable bonds is 4. The fraction of sp³-hybridized carbons (Fsp3) is 0.364. The average molecular weight is 397 g/mol. The normalized spacial score (nSPS) is 18.0. The molecule has 1 N–H and O–H groups in total. The molecule has 2 unspecified atom stereocenters. The zero-order chi connectivity index (χ0) is 19.9. The number of hydrogen-bond acceptors (Lipinski definition) is 4. The predicted molar refractivity (Wildman–Crippen MR) is 117 cm³/mol. The number of aromatic nitrogens is 3. The fourth-order valence-electron chi connectivity index (χ4n) is 3.36. The molecule has 4 rings (SSSR count). The molecule has 6 heteroatoms. The van der Waals surface area contributed by atoms with Crippen LogP contribution in [-0.4, -0.2) is 38.2 Å². The van der Waals surface area contributed by atoms with Crippen LogP contribution in [0.5, 0.6) is 0 Å². The van der Waals surface area contributed by atoms with Gasteiger partial charge in [-0.2, -0.15) is 5.10 Å². The molecule has 1 fully saturated rings. The Balaban J connectivity index is 0.00000109. The summed E-state index contributed by atoms with van der Waals surface area (Å²) in [6, 6.07) is 12.1. The molecule has 0 saturated carbocycles. The topological polar surface area (TPSA) is 59.3 Å². The number of piperidine rings is 1. The molecule has 1 aromatic carbocycles. The lowest BCUT2D eigenvalue weighted by atomic mass is 9.96. The third-order valence-corrected chi connectivity index (χ3v) is 5.63. The summed E-state index contributed by atoms with van der Waals surface area (Å²) in [5.41, 5.74) is 3.83. The van der Waals surface area contributed by atoms with Crippen molar-refractivity contribution >= 4 is 28.6 Å². The van der Waals surface area contributed by atoms with E-state index >= 15 is 0 Å². The number of nitrogens with one attached hydrogen (secondary N) is 1. The lowest BCUT2D eigenvalue weighted by Gasteiger charge is -2.22. The Hall–Kier alpha value is -2.31. The number of benzene rings is 1. The molecule has 1 aliphatic rings. The van der Waals surface area contributed by atoms with Crippen molar-refractivity contribution in [3.05, 3.63) is 59.4 Å². The summed E-state index contributed by atoms with van der Waals surface area (Å²) in [6.07, 6.45) is 9.81. The van der Waals surface area contributed by atoms with Gasteiger partial charge >= 0.3 is 0 Å². The van der Waals surface area contributed by atoms with Crippen LogP contribution in [0, 0.1) is 0 Å². The quantitative estimate of drug-likeness (QED) is 0.674. The van der Waals surface area contributed by atoms with Gasteiger partial charge in [-0.3, -0.25) is 4.21 Å². The van der Waals surface area contributed by atoms with Crippen molar-refractivity contribution in [3.63, 3.8) is 0 Å². The predicted octanol–water partition coefficient (Wildman–Crippen LogP) is 4.13. The lowest BCUT2D eigenvalue weighted by Crippen LogP contribution is -2.29. The second kappa shape index (κ2) is 9.75. The van der Waals surface area contributed by atoms with E-state index in [4.69, 9.17) is 4.98 Å². The molecule has 0 radical (unpaired) electrons. The van der Waals surface area contributed by atoms with Gasteiger partial charge in [-0.15, -0.1) is 0 Å². The second-order valence-corrected chi connectivity index (χ2v) is 7.92. The van der Waals surface area contributed by atoms with Crippen LogP contribution in [-0.2, 0) is 10.8 Å². The van der Waals surface area contributed by atoms with Crippen molar-refractivity contribution < 1.29 is 4.21 Å². The van der Waals surface area contributed by atoms with Crippen molar-refractivity contribution in [1.29, 1.82) is 0 Å². The maximum Gasteiger partial charge on any atom is 0.163 e. The zero-order valence-corrected chi connectivity index (χ0v) is 17.6. The molecule has 3 heterocycles. The first-order valence-corrected chi connectivity index (χ1v) is 11.4. The minimum absolute atomic E-state index is 0.358. The Morgan fingerprint density at radius 1 is 1.21 bits per heavy atom. The van der Waals surface area contributed by atoms with Crippen LogP contribution in [0.1, 0.15) is 49.4 Å². The van der Waals surface area contributed by atoms with E-state index in [0.29, 0.717) is 10.9 Å². The van der Waals surface area contributed by atoms with Gasteiger partial charge in [0.2, 0.25) is 0 Å². The summed E-state index contributed by atoms with van der Waals surface area (Å²) in [4.78, 5) is 4.89. The number of nitrogens with zero attached hydrogens (tertiary/aromatic N) is 3. The van der Waals surface area contributed by atoms with Gasteiger partial charge in [0.25, 0.3) is 0 Å². The molecule has 148 valence electrons. The van der Waals surface area contributed by atoms with Gasteiger partial charge in [0.1, 0.15) is 5.03 Å². The monoisotopic (exact) mass is 396 g/mol. The Bertz CT molecular complexity index is 959. The van der Waals surface area contributed by atoms with Crippen molar-refractivity contribution in [2.45, 2.75) is 37.6 Å². The first kappa shape index (κ1) is 20.4. The number of hydrogen-bond donors (Lipinski definition) is 1. The molecule has 0 bridgehead atoms. The van der Waals surface area contributed by atoms with E-state index in [1.54, 1.807) is 17.0 Å². The summed E-state index contributed by atoms with van der Waals surface area (Å²) in [5.74, 6) is 0.358. The summed E-state index contributed by atoms with van der Waals surface area (Å²) in [7, 11) is -1.13. The van der Waals surface area contributed by atoms with Crippen molar-refractivity contribution in [1.82, 2.24) is 19.9 Å². The minimum atomic E-state index is -1.13. The van der Waals surface area contributed by atoms with Gasteiger partial charge in [-0.05, 0) is 37.1 Å². The van der Waals surface area contributed by atoms with Crippen LogP contribution in [0.25, 0.3) is 17.8 Å². The van der Waals surface area contributed by atoms with Crippen LogP contribution < -0.4 is 5.32 Å². The van der Waals surface area contributed by atoms with E-state index in [1.165, 1.54) is 0 Å². The molecule has 2 atom stereocenters. The van der Waals surface area contributed by atoms with E-state index in [2.05, 4.69) is 28.6 Å². The van der Waals surface area contributed by atoms with E-state index in [-0.39, 0.29) is 0 Å². The van der Waals surface area contributed by atoms with E-state index < -0.39 is 10.8 Å². The molecule has 1 aliphatic heterocycles. The van der Waals surface area contributed by atoms with Crippen LogP contribution in [0.4, 0.5) is 0 Å². The van der Waals surface area contributed by atoms with Crippen LogP contribution in [0.15, 0.2) is 47.6 Å². The third kappa shape index (κ3) is 4.56. The average Bonchev–Trinajstić information content (AvgIpc) is 3.17. The molecule has 3 aromatic rings. The SMILES string of the molecule is CC.CS(=O)c1cc(C2CCCNC2)nc2c(/C=C/c3ccccc3)cnn12. The molecule has 0 spiro atoms. The van der Waals surface area contributed by atoms with E-state index in [1.807, 2.05) is 44.2 Å². The van der Waals surface area contributed by atoms with Gasteiger partial charge in [-0.25, -0.2) is 9.50 Å². The molecule has 0 aliphatic carbocycles. The first-order valence-electron chi connectivity index (χ1n) is 9.88. The van der Waals surface area contributed by atoms with Gasteiger partial charge in [0.15, 0.2) is 5.65 Å². The van der Waals surface area contributed by atoms with Gasteiger partial charge in [-0.1, -0.05) is 50.3 Å². The maximum absolute atomic E-state index is 12.3. The summed E-state index contributed by atoms with van der Waals surface area (Å²) < 4.78 is 14.0. The van der Waals surface area contributed by atoms with Crippen molar-refractivity contribution in [2.24, 2.45) is 0 Å². The molecular weight excluding hydrogens is 368 g/mol. The molecule has 28 heavy (non-hydrogen) atoms. The number of fused-ring (bicyclic) bond motifs is 1. The van der Waals surface area contributed by atoms with E-state index in [0.717, 1.165) is 48.4 Å². The molecular formula is C22H28N4OS. The summed E-state index contributed by atoms with van der Waals surface area (Å²) in [6.45, 7) is 5.98. The smallest absolute Gasteiger partial charge is 0.163 e. The fourth-order valence-corrected chi connectivity index (χ4v) is 4.02. The Labute approximate surface area is 169 Å². The van der Waals surface area contributed by atoms with Crippen molar-refractivity contribution in [2.75, 3.05) is 19.3 Å². The second-order valence-electron chi connectivity index (χ2n) is 6.60. The van der Waals surface area contributed by atoms with E-state index in [9.17, 15) is 4.21 Å². The molecule has 5 nitrogen and oxygen atoms in total. The highest BCUT2D eigenvalue weighted by molar-refractivity contribution is 7.84. The Morgan fingerprint density at radius 3 is 2.68 bits per heavy atom. The zero-order valence-electron chi connectivity index (χ0n) is 16.8. The standard InChI is InChI=1S/C20H22N4OS.C2H6/c1-26(25)19-12-18(16-8-5-11-21-13-16)23-20-17(14-22-24(19)20)10-9-15-6-3-2-4-7-15;1-2/h2-4,6-7,9-10,12,14,16,21H,5,8,11,13H2,1H3;1-2H3/b10-9+;. The molecule has 0 amide bonds. The molecule has 2 aromatic heterocycles. The van der Waals surface area contributed by atoms with Gasteiger partial charge in [0.05, 0.1) is 22.7 Å². The highest BCUT2D eigenvalue weighted by Crippen LogP contribution is 2.25. The first-order chi connectivity index (χ1) is 13.7. The maximum atomic E-state index is 12.3. The van der Waals surface area contributed by atoms with Gasteiger partial charge < -0.3 is 5.32 Å². The Kier molecular flexibility index (Phi) is 7.12. The summed E-state index contributed by atoms with van der Waals surface area (Å²) >= 11 is 0. The van der Waals surface area contributed by atoms with Crippen LogP contribution in [0.2, 0.25) is 0 Å². The Morgan fingerprint density at radius 2 is 2.00 bits per heavy atom. The lowest BCUT2D eigenvalue weighted by molar-refractivity contribution is 0.453. The molecule has 1 saturated heterocycles. The van der Waals surface area contributed by atoms with Crippen LogP contribution in [0.3, 0.4) is 0 Å². The van der Waals surface area contributed by atoms with Gasteiger partial charge in [0, 0.05) is 24.3 Å². The summed E-state index contributed by atoms with van der Waals surface area (Å²) in [5, 5.41) is 8.57. The highest BCUT2D eigenvalue weighted by atomic mass is 32.2. The largest absolute Gasteiger partial charge is 0.316 e. The minimum Gasteiger partial charge on any atom is -0.316 e. The van der Waals surface area contributed by atoms with Crippen LogP contribution >= 0.6 is 0 Å². The highest BCUT2D eigenvalue weighted by Gasteiger charge is 2.20. The van der Waals surface area contributed by atoms with Crippen molar-refractivity contribution in [3.8, 4) is 0 Å². The third-order valence-electron chi connectivity index (χ3n) is 4.75.